The van der Waals surface area contributed by atoms with Crippen LogP contribution in [-0.2, 0) is 31.9 Å². The molecule has 132 valence electrons. The van der Waals surface area contributed by atoms with Crippen molar-refractivity contribution in [3.05, 3.63) is 51.3 Å². The van der Waals surface area contributed by atoms with Crippen LogP contribution in [-0.4, -0.2) is 30.6 Å². The lowest BCUT2D eigenvalue weighted by atomic mass is 10.2. The molecule has 9 heteroatoms. The molecule has 3 heterocycles. The Morgan fingerprint density at radius 3 is 2.76 bits per heavy atom. The van der Waals surface area contributed by atoms with E-state index in [0.29, 0.717) is 6.42 Å². The predicted molar refractivity (Wildman–Crippen MR) is 90.2 cm³/mol. The fraction of sp³-hybridized carbons (Fsp3) is 0.375. The van der Waals surface area contributed by atoms with Crippen molar-refractivity contribution in [3.63, 3.8) is 0 Å². The van der Waals surface area contributed by atoms with E-state index in [-0.39, 0.29) is 29.7 Å². The molecule has 0 saturated heterocycles. The normalized spacial score (nSPS) is 12.4. The van der Waals surface area contributed by atoms with Gasteiger partial charge in [-0.05, 0) is 19.1 Å². The molecule has 1 N–H and O–H groups in total. The Labute approximate surface area is 142 Å². The number of nitrogens with one attached hydrogen (secondary N) is 1. The second-order valence-corrected chi connectivity index (χ2v) is 6.00. The Balaban J connectivity index is 1.80. The van der Waals surface area contributed by atoms with Crippen LogP contribution in [0.1, 0.15) is 12.7 Å². The summed E-state index contributed by atoms with van der Waals surface area (Å²) in [7, 11) is 2.93. The summed E-state index contributed by atoms with van der Waals surface area (Å²) >= 11 is 0. The Morgan fingerprint density at radius 2 is 2.08 bits per heavy atom. The fourth-order valence-electron chi connectivity index (χ4n) is 2.77. The van der Waals surface area contributed by atoms with E-state index in [2.05, 4.69) is 10.3 Å². The maximum absolute atomic E-state index is 12.3. The summed E-state index contributed by atoms with van der Waals surface area (Å²) in [6, 6.07) is 3.51. The molecule has 9 nitrogen and oxygen atoms in total. The maximum atomic E-state index is 12.3. The van der Waals surface area contributed by atoms with Gasteiger partial charge < -0.3 is 14.3 Å². The highest BCUT2D eigenvalue weighted by Crippen LogP contribution is 2.06. The highest BCUT2D eigenvalue weighted by atomic mass is 16.3. The van der Waals surface area contributed by atoms with Crippen LogP contribution < -0.4 is 16.6 Å². The highest BCUT2D eigenvalue weighted by molar-refractivity contribution is 5.79. The van der Waals surface area contributed by atoms with Crippen LogP contribution in [0.2, 0.25) is 0 Å². The van der Waals surface area contributed by atoms with Gasteiger partial charge in [0.05, 0.1) is 12.6 Å². The van der Waals surface area contributed by atoms with Crippen molar-refractivity contribution < 1.29 is 9.21 Å². The predicted octanol–water partition coefficient (Wildman–Crippen LogP) is -0.226. The summed E-state index contributed by atoms with van der Waals surface area (Å²) in [6.45, 7) is 1.81. The van der Waals surface area contributed by atoms with Crippen molar-refractivity contribution in [2.45, 2.75) is 25.9 Å². The molecule has 0 unspecified atom stereocenters. The first-order valence-electron chi connectivity index (χ1n) is 7.81. The average Bonchev–Trinajstić information content (AvgIpc) is 3.20. The molecule has 3 aromatic heterocycles. The maximum Gasteiger partial charge on any atom is 0.332 e. The molecule has 0 aromatic carbocycles. The second-order valence-electron chi connectivity index (χ2n) is 6.00. The highest BCUT2D eigenvalue weighted by Gasteiger charge is 2.17. The summed E-state index contributed by atoms with van der Waals surface area (Å²) in [5.74, 6) is 0.527. The second kappa shape index (κ2) is 6.42. The quantitative estimate of drug-likeness (QED) is 0.688. The number of furan rings is 1. The zero-order valence-corrected chi connectivity index (χ0v) is 14.2. The van der Waals surface area contributed by atoms with Gasteiger partial charge in [0.1, 0.15) is 12.3 Å². The van der Waals surface area contributed by atoms with Gasteiger partial charge in [-0.3, -0.25) is 18.7 Å². The molecule has 25 heavy (non-hydrogen) atoms. The molecule has 0 aliphatic heterocycles. The average molecular weight is 345 g/mol. The first kappa shape index (κ1) is 16.7. The molecule has 1 amide bonds. The van der Waals surface area contributed by atoms with Crippen LogP contribution in [0, 0.1) is 0 Å². The molecule has 0 fully saturated rings. The molecule has 1 atom stereocenters. The third kappa shape index (κ3) is 3.12. The van der Waals surface area contributed by atoms with Gasteiger partial charge in [-0.2, -0.15) is 0 Å². The number of hydrogen-bond donors (Lipinski definition) is 1. The lowest BCUT2D eigenvalue weighted by Gasteiger charge is -2.13. The van der Waals surface area contributed by atoms with Gasteiger partial charge in [0.15, 0.2) is 11.2 Å². The van der Waals surface area contributed by atoms with E-state index in [1.165, 1.54) is 29.6 Å². The molecule has 3 aromatic rings. The van der Waals surface area contributed by atoms with Crippen molar-refractivity contribution in [2.75, 3.05) is 0 Å². The first-order valence-corrected chi connectivity index (χ1v) is 7.81. The summed E-state index contributed by atoms with van der Waals surface area (Å²) in [5, 5.41) is 2.86. The van der Waals surface area contributed by atoms with E-state index in [0.717, 1.165) is 10.3 Å². The number of rotatable bonds is 5. The molecule has 0 spiro atoms. The summed E-state index contributed by atoms with van der Waals surface area (Å²) in [5.41, 5.74) is -0.464. The minimum Gasteiger partial charge on any atom is -0.469 e. The number of aromatic nitrogens is 4. The zero-order chi connectivity index (χ0) is 18.1. The lowest BCUT2D eigenvalue weighted by Crippen LogP contribution is -2.39. The SMILES string of the molecule is C[C@H](Cc1ccco1)NC(=O)Cn1cnc2c1c(=O)n(C)c(=O)n2C. The summed E-state index contributed by atoms with van der Waals surface area (Å²) < 4.78 is 8.99. The molecule has 3 rings (SSSR count). The van der Waals surface area contributed by atoms with Crippen LogP contribution in [0.15, 0.2) is 38.7 Å². The van der Waals surface area contributed by atoms with Crippen molar-refractivity contribution >= 4 is 17.1 Å². The standard InChI is InChI=1S/C16H19N5O4/c1-10(7-11-5-4-6-25-11)18-12(22)8-21-9-17-14-13(21)15(23)20(3)16(24)19(14)2/h4-6,9-10H,7-8H2,1-3H3,(H,18,22)/t10-/m1/s1. The van der Waals surface area contributed by atoms with Gasteiger partial charge in [0.25, 0.3) is 5.56 Å². The van der Waals surface area contributed by atoms with Gasteiger partial charge in [0, 0.05) is 26.6 Å². The van der Waals surface area contributed by atoms with E-state index < -0.39 is 11.2 Å². The number of fused-ring (bicyclic) bond motifs is 1. The largest absolute Gasteiger partial charge is 0.469 e. The smallest absolute Gasteiger partial charge is 0.332 e. The summed E-state index contributed by atoms with van der Waals surface area (Å²) in [6.07, 6.45) is 3.55. The van der Waals surface area contributed by atoms with Crippen LogP contribution in [0.4, 0.5) is 0 Å². The van der Waals surface area contributed by atoms with Gasteiger partial charge in [-0.1, -0.05) is 0 Å². The lowest BCUT2D eigenvalue weighted by molar-refractivity contribution is -0.122. The number of nitrogens with zero attached hydrogens (tertiary/aromatic N) is 4. The Kier molecular flexibility index (Phi) is 4.30. The van der Waals surface area contributed by atoms with Crippen LogP contribution in [0.25, 0.3) is 11.2 Å². The van der Waals surface area contributed by atoms with E-state index >= 15 is 0 Å². The topological polar surface area (TPSA) is 104 Å². The van der Waals surface area contributed by atoms with E-state index in [4.69, 9.17) is 4.42 Å². The number of aryl methyl sites for hydroxylation is 1. The molecule has 0 aliphatic carbocycles. The minimum atomic E-state index is -0.480. The molecular weight excluding hydrogens is 326 g/mol. The van der Waals surface area contributed by atoms with Crippen molar-refractivity contribution in [3.8, 4) is 0 Å². The minimum absolute atomic E-state index is 0.0631. The van der Waals surface area contributed by atoms with Gasteiger partial charge in [-0.25, -0.2) is 9.78 Å². The van der Waals surface area contributed by atoms with Crippen LogP contribution >= 0.6 is 0 Å². The monoisotopic (exact) mass is 345 g/mol. The molecule has 0 aliphatic rings. The molecule has 0 saturated carbocycles. The molecular formula is C16H19N5O4. The van der Waals surface area contributed by atoms with Crippen LogP contribution in [0.3, 0.4) is 0 Å². The number of imidazole rings is 1. The van der Waals surface area contributed by atoms with Crippen LogP contribution in [0.5, 0.6) is 0 Å². The van der Waals surface area contributed by atoms with E-state index in [1.807, 2.05) is 13.0 Å². The van der Waals surface area contributed by atoms with Gasteiger partial charge in [0.2, 0.25) is 5.91 Å². The fourth-order valence-corrected chi connectivity index (χ4v) is 2.77. The number of hydrogen-bond acceptors (Lipinski definition) is 5. The number of amides is 1. The third-order valence-electron chi connectivity index (χ3n) is 4.03. The number of carbonyl (C=O) groups is 1. The van der Waals surface area contributed by atoms with Crippen molar-refractivity contribution in [1.29, 1.82) is 0 Å². The van der Waals surface area contributed by atoms with E-state index in [9.17, 15) is 14.4 Å². The Bertz CT molecular complexity index is 1030. The molecule has 0 radical (unpaired) electrons. The number of carbonyl (C=O) groups excluding carboxylic acids is 1. The van der Waals surface area contributed by atoms with Crippen molar-refractivity contribution in [1.82, 2.24) is 24.0 Å². The van der Waals surface area contributed by atoms with Gasteiger partial charge in [-0.15, -0.1) is 0 Å². The van der Waals surface area contributed by atoms with E-state index in [1.54, 1.807) is 12.3 Å². The third-order valence-corrected chi connectivity index (χ3v) is 4.03. The zero-order valence-electron chi connectivity index (χ0n) is 14.2. The Morgan fingerprint density at radius 1 is 1.32 bits per heavy atom. The van der Waals surface area contributed by atoms with Crippen molar-refractivity contribution in [2.24, 2.45) is 14.1 Å². The Hall–Kier alpha value is -3.10. The molecule has 0 bridgehead atoms. The first-order chi connectivity index (χ1) is 11.9. The summed E-state index contributed by atoms with van der Waals surface area (Å²) in [4.78, 5) is 40.6. The van der Waals surface area contributed by atoms with Gasteiger partial charge >= 0.3 is 5.69 Å².